The number of rotatable bonds is 3. The van der Waals surface area contributed by atoms with Gasteiger partial charge in [-0.2, -0.15) is 5.10 Å². The minimum absolute atomic E-state index is 0.0436. The standard InChI is InChI=1S/C14H18N4O/c1-4-18(12-7-5-11(15)6-8-12)14(19)13-9-17(3)16-10(13)2/h5-9H,4,15H2,1-3H3. The number of aryl methyl sites for hydroxylation is 2. The Bertz CT molecular complexity index is 586. The van der Waals surface area contributed by atoms with Crippen molar-refractivity contribution in [3.8, 4) is 0 Å². The van der Waals surface area contributed by atoms with Crippen molar-refractivity contribution in [2.45, 2.75) is 13.8 Å². The SMILES string of the molecule is CCN(C(=O)c1cn(C)nc1C)c1ccc(N)cc1. The normalized spacial score (nSPS) is 10.5. The molecular weight excluding hydrogens is 240 g/mol. The van der Waals surface area contributed by atoms with Crippen molar-refractivity contribution < 1.29 is 4.79 Å². The van der Waals surface area contributed by atoms with Gasteiger partial charge in [0.1, 0.15) is 0 Å². The van der Waals surface area contributed by atoms with Crippen LogP contribution in [-0.4, -0.2) is 22.2 Å². The van der Waals surface area contributed by atoms with Crippen molar-refractivity contribution in [3.63, 3.8) is 0 Å². The Labute approximate surface area is 112 Å². The van der Waals surface area contributed by atoms with Crippen LogP contribution in [-0.2, 0) is 7.05 Å². The largest absolute Gasteiger partial charge is 0.399 e. The van der Waals surface area contributed by atoms with Crippen molar-refractivity contribution in [3.05, 3.63) is 41.7 Å². The smallest absolute Gasteiger partial charge is 0.261 e. The number of nitrogen functional groups attached to an aromatic ring is 1. The molecule has 0 bridgehead atoms. The van der Waals surface area contributed by atoms with Crippen molar-refractivity contribution >= 4 is 17.3 Å². The molecule has 100 valence electrons. The van der Waals surface area contributed by atoms with E-state index >= 15 is 0 Å². The van der Waals surface area contributed by atoms with Gasteiger partial charge in [-0.25, -0.2) is 0 Å². The maximum absolute atomic E-state index is 12.5. The molecule has 0 radical (unpaired) electrons. The summed E-state index contributed by atoms with van der Waals surface area (Å²) in [7, 11) is 1.81. The first-order valence-corrected chi connectivity index (χ1v) is 6.20. The number of aromatic nitrogens is 2. The van der Waals surface area contributed by atoms with Crippen molar-refractivity contribution in [2.75, 3.05) is 17.2 Å². The highest BCUT2D eigenvalue weighted by atomic mass is 16.2. The van der Waals surface area contributed by atoms with Gasteiger partial charge in [-0.3, -0.25) is 9.48 Å². The molecule has 0 saturated carbocycles. The van der Waals surface area contributed by atoms with Gasteiger partial charge in [-0.15, -0.1) is 0 Å². The topological polar surface area (TPSA) is 64.2 Å². The first-order valence-electron chi connectivity index (χ1n) is 6.20. The molecule has 1 aromatic carbocycles. The summed E-state index contributed by atoms with van der Waals surface area (Å²) in [5, 5.41) is 4.21. The van der Waals surface area contributed by atoms with Crippen LogP contribution in [0.5, 0.6) is 0 Å². The van der Waals surface area contributed by atoms with Crippen LogP contribution in [0.15, 0.2) is 30.5 Å². The molecule has 0 aliphatic carbocycles. The van der Waals surface area contributed by atoms with E-state index < -0.39 is 0 Å². The molecule has 5 heteroatoms. The molecule has 5 nitrogen and oxygen atoms in total. The predicted molar refractivity (Wildman–Crippen MR) is 76.1 cm³/mol. The summed E-state index contributed by atoms with van der Waals surface area (Å²) in [6.07, 6.45) is 1.75. The van der Waals surface area contributed by atoms with Gasteiger partial charge in [0.15, 0.2) is 0 Å². The lowest BCUT2D eigenvalue weighted by molar-refractivity contribution is 0.0987. The number of carbonyl (C=O) groups excluding carboxylic acids is 1. The van der Waals surface area contributed by atoms with Crippen LogP contribution < -0.4 is 10.6 Å². The fourth-order valence-corrected chi connectivity index (χ4v) is 2.05. The molecule has 19 heavy (non-hydrogen) atoms. The summed E-state index contributed by atoms with van der Waals surface area (Å²) < 4.78 is 1.65. The Morgan fingerprint density at radius 2 is 2.00 bits per heavy atom. The molecule has 1 aromatic heterocycles. The molecule has 2 rings (SSSR count). The number of hydrogen-bond acceptors (Lipinski definition) is 3. The molecule has 0 spiro atoms. The van der Waals surface area contributed by atoms with Gasteiger partial charge in [0, 0.05) is 31.2 Å². The third-order valence-corrected chi connectivity index (χ3v) is 3.01. The van der Waals surface area contributed by atoms with Gasteiger partial charge in [-0.1, -0.05) is 0 Å². The summed E-state index contributed by atoms with van der Waals surface area (Å²) in [6.45, 7) is 4.38. The van der Waals surface area contributed by atoms with Crippen LogP contribution >= 0.6 is 0 Å². The Hall–Kier alpha value is -2.30. The van der Waals surface area contributed by atoms with Gasteiger partial charge in [0.25, 0.3) is 5.91 Å². The molecule has 0 atom stereocenters. The number of nitrogens with zero attached hydrogens (tertiary/aromatic N) is 3. The zero-order chi connectivity index (χ0) is 14.0. The highest BCUT2D eigenvalue weighted by Crippen LogP contribution is 2.19. The second-order valence-corrected chi connectivity index (χ2v) is 4.44. The maximum Gasteiger partial charge on any atom is 0.261 e. The van der Waals surface area contributed by atoms with Gasteiger partial charge in [-0.05, 0) is 38.1 Å². The third kappa shape index (κ3) is 2.59. The van der Waals surface area contributed by atoms with E-state index in [-0.39, 0.29) is 5.91 Å². The quantitative estimate of drug-likeness (QED) is 0.856. The molecule has 2 N–H and O–H groups in total. The van der Waals surface area contributed by atoms with Crippen molar-refractivity contribution in [2.24, 2.45) is 7.05 Å². The van der Waals surface area contributed by atoms with Gasteiger partial charge < -0.3 is 10.6 Å². The van der Waals surface area contributed by atoms with Crippen LogP contribution in [0.1, 0.15) is 23.0 Å². The lowest BCUT2D eigenvalue weighted by atomic mass is 10.2. The molecule has 1 amide bonds. The second kappa shape index (κ2) is 5.14. The third-order valence-electron chi connectivity index (χ3n) is 3.01. The van der Waals surface area contributed by atoms with Crippen LogP contribution in [0.3, 0.4) is 0 Å². The monoisotopic (exact) mass is 258 g/mol. The average Bonchev–Trinajstić information content (AvgIpc) is 2.71. The zero-order valence-electron chi connectivity index (χ0n) is 11.4. The van der Waals surface area contributed by atoms with E-state index in [0.29, 0.717) is 17.8 Å². The van der Waals surface area contributed by atoms with E-state index in [0.717, 1.165) is 11.4 Å². The lowest BCUT2D eigenvalue weighted by Crippen LogP contribution is -2.30. The summed E-state index contributed by atoms with van der Waals surface area (Å²) in [5.74, 6) is -0.0436. The minimum atomic E-state index is -0.0436. The van der Waals surface area contributed by atoms with Gasteiger partial charge >= 0.3 is 0 Å². The van der Waals surface area contributed by atoms with Crippen LogP contribution in [0.2, 0.25) is 0 Å². The fourth-order valence-electron chi connectivity index (χ4n) is 2.05. The number of nitrogens with two attached hydrogens (primary N) is 1. The zero-order valence-corrected chi connectivity index (χ0v) is 11.4. The summed E-state index contributed by atoms with van der Waals surface area (Å²) in [4.78, 5) is 14.2. The van der Waals surface area contributed by atoms with Crippen LogP contribution in [0, 0.1) is 6.92 Å². The van der Waals surface area contributed by atoms with E-state index in [9.17, 15) is 4.79 Å². The van der Waals surface area contributed by atoms with E-state index in [1.165, 1.54) is 0 Å². The highest BCUT2D eigenvalue weighted by Gasteiger charge is 2.19. The molecule has 0 aliphatic rings. The van der Waals surface area contributed by atoms with Crippen LogP contribution in [0.4, 0.5) is 11.4 Å². The van der Waals surface area contributed by atoms with Crippen molar-refractivity contribution in [1.29, 1.82) is 0 Å². The Balaban J connectivity index is 2.34. The number of hydrogen-bond donors (Lipinski definition) is 1. The predicted octanol–water partition coefficient (Wildman–Crippen LogP) is 1.98. The Morgan fingerprint density at radius 1 is 1.37 bits per heavy atom. The summed E-state index contributed by atoms with van der Waals surface area (Å²) in [5.41, 5.74) is 8.55. The highest BCUT2D eigenvalue weighted by molar-refractivity contribution is 6.06. The summed E-state index contributed by atoms with van der Waals surface area (Å²) >= 11 is 0. The molecule has 2 aromatic rings. The van der Waals surface area contributed by atoms with E-state index in [1.807, 2.05) is 33.0 Å². The molecular formula is C14H18N4O. The van der Waals surface area contributed by atoms with Crippen LogP contribution in [0.25, 0.3) is 0 Å². The van der Waals surface area contributed by atoms with E-state index in [4.69, 9.17) is 5.73 Å². The Kier molecular flexibility index (Phi) is 3.55. The van der Waals surface area contributed by atoms with E-state index in [2.05, 4.69) is 5.10 Å². The molecule has 0 aliphatic heterocycles. The fraction of sp³-hybridized carbons (Fsp3) is 0.286. The molecule has 0 saturated heterocycles. The first kappa shape index (κ1) is 13.1. The number of carbonyl (C=O) groups is 1. The number of anilines is 2. The van der Waals surface area contributed by atoms with Gasteiger partial charge in [0.2, 0.25) is 0 Å². The number of benzene rings is 1. The molecule has 0 unspecified atom stereocenters. The first-order chi connectivity index (χ1) is 9.02. The Morgan fingerprint density at radius 3 is 2.47 bits per heavy atom. The average molecular weight is 258 g/mol. The lowest BCUT2D eigenvalue weighted by Gasteiger charge is -2.20. The van der Waals surface area contributed by atoms with E-state index in [1.54, 1.807) is 27.9 Å². The molecule has 1 heterocycles. The van der Waals surface area contributed by atoms with Crippen molar-refractivity contribution in [1.82, 2.24) is 9.78 Å². The molecule has 0 fully saturated rings. The summed E-state index contributed by atoms with van der Waals surface area (Å²) in [6, 6.07) is 7.29. The number of amides is 1. The van der Waals surface area contributed by atoms with Gasteiger partial charge in [0.05, 0.1) is 11.3 Å². The minimum Gasteiger partial charge on any atom is -0.399 e. The maximum atomic E-state index is 12.5. The second-order valence-electron chi connectivity index (χ2n) is 4.44.